The molecule has 0 amide bonds. The van der Waals surface area contributed by atoms with Crippen molar-refractivity contribution in [2.45, 2.75) is 32.2 Å². The van der Waals surface area contributed by atoms with Crippen LogP contribution in [0.1, 0.15) is 24.6 Å². The van der Waals surface area contributed by atoms with E-state index in [0.29, 0.717) is 11.9 Å². The van der Waals surface area contributed by atoms with Gasteiger partial charge in [0.2, 0.25) is 5.89 Å². The van der Waals surface area contributed by atoms with E-state index in [1.165, 1.54) is 12.8 Å². The van der Waals surface area contributed by atoms with Crippen LogP contribution in [-0.2, 0) is 6.42 Å². The van der Waals surface area contributed by atoms with Crippen molar-refractivity contribution in [1.29, 1.82) is 0 Å². The second-order valence-electron chi connectivity index (χ2n) is 3.23. The molecule has 1 N–H and O–H groups in total. The molecular formula is C8H13N3O. The van der Waals surface area contributed by atoms with Crippen LogP contribution in [0.25, 0.3) is 0 Å². The summed E-state index contributed by atoms with van der Waals surface area (Å²) in [4.78, 5) is 4.16. The molecule has 0 bridgehead atoms. The van der Waals surface area contributed by atoms with E-state index in [9.17, 15) is 0 Å². The molecule has 0 saturated carbocycles. The third-order valence-electron chi connectivity index (χ3n) is 2.16. The minimum Gasteiger partial charge on any atom is -0.340 e. The van der Waals surface area contributed by atoms with E-state index < -0.39 is 0 Å². The van der Waals surface area contributed by atoms with Gasteiger partial charge < -0.3 is 9.84 Å². The Morgan fingerprint density at radius 3 is 3.17 bits per heavy atom. The molecule has 66 valence electrons. The molecule has 0 aromatic carbocycles. The third-order valence-corrected chi connectivity index (χ3v) is 2.16. The van der Waals surface area contributed by atoms with Crippen LogP contribution in [0.3, 0.4) is 0 Å². The number of hydrogen-bond acceptors (Lipinski definition) is 4. The van der Waals surface area contributed by atoms with Crippen LogP contribution in [0, 0.1) is 6.92 Å². The zero-order chi connectivity index (χ0) is 8.39. The van der Waals surface area contributed by atoms with E-state index >= 15 is 0 Å². The molecule has 1 aromatic rings. The highest BCUT2D eigenvalue weighted by atomic mass is 16.5. The Bertz CT molecular complexity index is 253. The second kappa shape index (κ2) is 3.23. The summed E-state index contributed by atoms with van der Waals surface area (Å²) in [6.45, 7) is 2.94. The van der Waals surface area contributed by atoms with Gasteiger partial charge in [0.1, 0.15) is 0 Å². The first-order valence-corrected chi connectivity index (χ1v) is 4.37. The fraction of sp³-hybridized carbons (Fsp3) is 0.750. The lowest BCUT2D eigenvalue weighted by Gasteiger charge is -2.04. The number of nitrogens with one attached hydrogen (secondary N) is 1. The molecular weight excluding hydrogens is 154 g/mol. The minimum absolute atomic E-state index is 0.557. The smallest absolute Gasteiger partial charge is 0.223 e. The van der Waals surface area contributed by atoms with E-state index in [1.807, 2.05) is 6.92 Å². The Hall–Kier alpha value is -0.900. The maximum absolute atomic E-state index is 4.89. The Labute approximate surface area is 71.4 Å². The number of aromatic nitrogens is 2. The summed E-state index contributed by atoms with van der Waals surface area (Å²) < 4.78 is 4.89. The van der Waals surface area contributed by atoms with Gasteiger partial charge in [0.15, 0.2) is 5.82 Å². The number of hydrogen-bond donors (Lipinski definition) is 1. The highest BCUT2D eigenvalue weighted by Crippen LogP contribution is 2.09. The van der Waals surface area contributed by atoms with Crippen LogP contribution in [0.15, 0.2) is 4.52 Å². The maximum atomic E-state index is 4.89. The highest BCUT2D eigenvalue weighted by molar-refractivity contribution is 4.90. The molecule has 12 heavy (non-hydrogen) atoms. The Morgan fingerprint density at radius 2 is 2.58 bits per heavy atom. The quantitative estimate of drug-likeness (QED) is 0.703. The molecule has 2 rings (SSSR count). The largest absolute Gasteiger partial charge is 0.340 e. The van der Waals surface area contributed by atoms with Crippen molar-refractivity contribution in [2.24, 2.45) is 0 Å². The van der Waals surface area contributed by atoms with Crippen molar-refractivity contribution < 1.29 is 4.52 Å². The second-order valence-corrected chi connectivity index (χ2v) is 3.23. The molecule has 1 aromatic heterocycles. The lowest BCUT2D eigenvalue weighted by Crippen LogP contribution is -2.24. The summed E-state index contributed by atoms with van der Waals surface area (Å²) in [6, 6.07) is 0.557. The van der Waals surface area contributed by atoms with Gasteiger partial charge in [-0.25, -0.2) is 0 Å². The summed E-state index contributed by atoms with van der Waals surface area (Å²) in [6.07, 6.45) is 3.40. The fourth-order valence-electron chi connectivity index (χ4n) is 1.58. The summed E-state index contributed by atoms with van der Waals surface area (Å²) in [5.74, 6) is 1.48. The molecule has 4 nitrogen and oxygen atoms in total. The van der Waals surface area contributed by atoms with Crippen molar-refractivity contribution >= 4 is 0 Å². The van der Waals surface area contributed by atoms with Gasteiger partial charge in [0, 0.05) is 19.4 Å². The van der Waals surface area contributed by atoms with Crippen LogP contribution in [-0.4, -0.2) is 22.7 Å². The molecule has 1 saturated heterocycles. The lowest BCUT2D eigenvalue weighted by atomic mass is 10.1. The fourth-order valence-corrected chi connectivity index (χ4v) is 1.58. The van der Waals surface area contributed by atoms with Crippen molar-refractivity contribution in [3.63, 3.8) is 0 Å². The number of rotatable bonds is 2. The van der Waals surface area contributed by atoms with Crippen molar-refractivity contribution in [3.05, 3.63) is 11.7 Å². The average molecular weight is 167 g/mol. The zero-order valence-corrected chi connectivity index (χ0v) is 7.21. The van der Waals surface area contributed by atoms with Crippen LogP contribution < -0.4 is 5.32 Å². The van der Waals surface area contributed by atoms with Gasteiger partial charge in [-0.2, -0.15) is 4.98 Å². The first-order chi connectivity index (χ1) is 5.84. The molecule has 0 unspecified atom stereocenters. The van der Waals surface area contributed by atoms with Gasteiger partial charge in [-0.3, -0.25) is 0 Å². The minimum atomic E-state index is 0.557. The third kappa shape index (κ3) is 1.64. The molecule has 1 atom stereocenters. The zero-order valence-electron chi connectivity index (χ0n) is 7.21. The molecule has 2 heterocycles. The summed E-state index contributed by atoms with van der Waals surface area (Å²) in [5.41, 5.74) is 0. The van der Waals surface area contributed by atoms with E-state index in [1.54, 1.807) is 0 Å². The van der Waals surface area contributed by atoms with Gasteiger partial charge in [-0.15, -0.1) is 0 Å². The Kier molecular flexibility index (Phi) is 2.08. The predicted octanol–water partition coefficient (Wildman–Crippen LogP) is 0.673. The molecule has 0 spiro atoms. The predicted molar refractivity (Wildman–Crippen MR) is 43.8 cm³/mol. The van der Waals surface area contributed by atoms with Gasteiger partial charge in [0.25, 0.3) is 0 Å². The van der Waals surface area contributed by atoms with Crippen LogP contribution in [0.4, 0.5) is 0 Å². The SMILES string of the molecule is Cc1nc(C[C@@H]2CCCN2)no1. The van der Waals surface area contributed by atoms with Crippen molar-refractivity contribution in [2.75, 3.05) is 6.54 Å². The van der Waals surface area contributed by atoms with Crippen LogP contribution >= 0.6 is 0 Å². The average Bonchev–Trinajstić information content (AvgIpc) is 2.63. The Morgan fingerprint density at radius 1 is 1.67 bits per heavy atom. The lowest BCUT2D eigenvalue weighted by molar-refractivity contribution is 0.384. The molecule has 0 radical (unpaired) electrons. The van der Waals surface area contributed by atoms with Crippen molar-refractivity contribution in [3.8, 4) is 0 Å². The molecule has 1 aliphatic rings. The first kappa shape index (κ1) is 7.73. The number of aryl methyl sites for hydroxylation is 1. The standard InChI is InChI=1S/C8H13N3O/c1-6-10-8(11-12-6)5-7-3-2-4-9-7/h7,9H,2-5H2,1H3/t7-/m0/s1. The molecule has 1 aliphatic heterocycles. The topological polar surface area (TPSA) is 51.0 Å². The van der Waals surface area contributed by atoms with Gasteiger partial charge >= 0.3 is 0 Å². The van der Waals surface area contributed by atoms with Crippen LogP contribution in [0.2, 0.25) is 0 Å². The van der Waals surface area contributed by atoms with Gasteiger partial charge in [-0.1, -0.05) is 5.16 Å². The highest BCUT2D eigenvalue weighted by Gasteiger charge is 2.16. The van der Waals surface area contributed by atoms with E-state index in [-0.39, 0.29) is 0 Å². The summed E-state index contributed by atoms with van der Waals surface area (Å²) in [7, 11) is 0. The van der Waals surface area contributed by atoms with Crippen molar-refractivity contribution in [1.82, 2.24) is 15.5 Å². The van der Waals surface area contributed by atoms with E-state index in [0.717, 1.165) is 18.8 Å². The monoisotopic (exact) mass is 167 g/mol. The van der Waals surface area contributed by atoms with Gasteiger partial charge in [-0.05, 0) is 19.4 Å². The normalized spacial score (nSPS) is 23.2. The molecule has 0 aliphatic carbocycles. The first-order valence-electron chi connectivity index (χ1n) is 4.37. The maximum Gasteiger partial charge on any atom is 0.223 e. The summed E-state index contributed by atoms with van der Waals surface area (Å²) in [5, 5.41) is 7.25. The van der Waals surface area contributed by atoms with E-state index in [2.05, 4.69) is 15.5 Å². The Balaban J connectivity index is 1.94. The van der Waals surface area contributed by atoms with E-state index in [4.69, 9.17) is 4.52 Å². The summed E-state index contributed by atoms with van der Waals surface area (Å²) >= 11 is 0. The number of nitrogens with zero attached hydrogens (tertiary/aromatic N) is 2. The molecule has 1 fully saturated rings. The van der Waals surface area contributed by atoms with Gasteiger partial charge in [0.05, 0.1) is 0 Å². The van der Waals surface area contributed by atoms with Crippen LogP contribution in [0.5, 0.6) is 0 Å². The molecule has 4 heteroatoms.